The number of carbonyl (C=O) groups is 1. The van der Waals surface area contributed by atoms with Crippen molar-refractivity contribution in [3.8, 4) is 0 Å². The zero-order chi connectivity index (χ0) is 12.5. The van der Waals surface area contributed by atoms with Gasteiger partial charge in [-0.2, -0.15) is 0 Å². The number of rotatable bonds is 8. The molecule has 0 saturated heterocycles. The Morgan fingerprint density at radius 3 is 2.65 bits per heavy atom. The van der Waals surface area contributed by atoms with Gasteiger partial charge in [0, 0.05) is 19.4 Å². The van der Waals surface area contributed by atoms with E-state index in [4.69, 9.17) is 4.74 Å². The molecule has 1 aromatic carbocycles. The van der Waals surface area contributed by atoms with Crippen LogP contribution in [-0.2, 0) is 16.1 Å². The molecule has 0 N–H and O–H groups in total. The molecule has 1 atom stereocenters. The second-order valence-electron chi connectivity index (χ2n) is 4.54. The third-order valence-electron chi connectivity index (χ3n) is 2.82. The van der Waals surface area contributed by atoms with E-state index in [0.717, 1.165) is 13.0 Å². The molecule has 94 valence electrons. The van der Waals surface area contributed by atoms with Crippen LogP contribution in [0.5, 0.6) is 0 Å². The Morgan fingerprint density at radius 2 is 2.00 bits per heavy atom. The normalized spacial score (nSPS) is 12.4. The van der Waals surface area contributed by atoms with Gasteiger partial charge in [0.15, 0.2) is 0 Å². The Balaban J connectivity index is 2.12. The lowest BCUT2D eigenvalue weighted by Crippen LogP contribution is -2.08. The van der Waals surface area contributed by atoms with E-state index in [0.29, 0.717) is 31.1 Å². The quantitative estimate of drug-likeness (QED) is 0.687. The smallest absolute Gasteiger partial charge is 0.132 e. The molecule has 2 nitrogen and oxygen atoms in total. The zero-order valence-corrected chi connectivity index (χ0v) is 10.8. The molecule has 0 unspecified atom stereocenters. The van der Waals surface area contributed by atoms with E-state index in [2.05, 4.69) is 19.1 Å². The summed E-state index contributed by atoms with van der Waals surface area (Å²) in [6, 6.07) is 10.2. The van der Waals surface area contributed by atoms with Crippen LogP contribution in [0.2, 0.25) is 0 Å². The van der Waals surface area contributed by atoms with Crippen LogP contribution in [0.15, 0.2) is 30.3 Å². The summed E-state index contributed by atoms with van der Waals surface area (Å²) < 4.78 is 5.64. The first-order chi connectivity index (χ1) is 8.22. The summed E-state index contributed by atoms with van der Waals surface area (Å²) in [5.41, 5.74) is 1.20. The summed E-state index contributed by atoms with van der Waals surface area (Å²) in [5, 5.41) is 0. The van der Waals surface area contributed by atoms with Gasteiger partial charge in [-0.1, -0.05) is 44.2 Å². The van der Waals surface area contributed by atoms with E-state index in [1.165, 1.54) is 5.56 Å². The molecule has 0 aliphatic carbocycles. The molecule has 0 amide bonds. The molecule has 0 aliphatic rings. The van der Waals surface area contributed by atoms with Crippen molar-refractivity contribution in [3.63, 3.8) is 0 Å². The van der Waals surface area contributed by atoms with Crippen LogP contribution in [0, 0.1) is 5.92 Å². The van der Waals surface area contributed by atoms with Gasteiger partial charge < -0.3 is 4.74 Å². The Labute approximate surface area is 104 Å². The third-order valence-corrected chi connectivity index (χ3v) is 2.82. The number of hydrogen-bond donors (Lipinski definition) is 0. The summed E-state index contributed by atoms with van der Waals surface area (Å²) in [7, 11) is 0. The third kappa shape index (κ3) is 6.22. The monoisotopic (exact) mass is 234 g/mol. The highest BCUT2D eigenvalue weighted by atomic mass is 16.5. The predicted octanol–water partition coefficient (Wildman–Crippen LogP) is 3.60. The highest BCUT2D eigenvalue weighted by Crippen LogP contribution is 2.09. The summed E-state index contributed by atoms with van der Waals surface area (Å²) in [6.07, 6.45) is 2.27. The topological polar surface area (TPSA) is 26.3 Å². The number of hydrogen-bond acceptors (Lipinski definition) is 2. The standard InChI is InChI=1S/C15H22O2/c1-3-15(16)10-9-13(2)11-17-12-14-7-5-4-6-8-14/h4-8,13H,3,9-12H2,1-2H3/t13-/m0/s1. The van der Waals surface area contributed by atoms with Crippen LogP contribution in [0.4, 0.5) is 0 Å². The van der Waals surface area contributed by atoms with E-state index in [1.54, 1.807) is 0 Å². The average Bonchev–Trinajstić information content (AvgIpc) is 2.37. The molecule has 0 radical (unpaired) electrons. The van der Waals surface area contributed by atoms with Crippen LogP contribution >= 0.6 is 0 Å². The number of ether oxygens (including phenoxy) is 1. The van der Waals surface area contributed by atoms with Crippen molar-refractivity contribution >= 4 is 5.78 Å². The fourth-order valence-electron chi connectivity index (χ4n) is 1.62. The van der Waals surface area contributed by atoms with Crippen LogP contribution in [0.1, 0.15) is 38.7 Å². The molecule has 0 bridgehead atoms. The summed E-state index contributed by atoms with van der Waals surface area (Å²) in [6.45, 7) is 5.44. The highest BCUT2D eigenvalue weighted by Gasteiger charge is 2.05. The maximum absolute atomic E-state index is 11.2. The molecular formula is C15H22O2. The molecule has 1 rings (SSSR count). The van der Waals surface area contributed by atoms with Gasteiger partial charge >= 0.3 is 0 Å². The average molecular weight is 234 g/mol. The molecule has 0 saturated carbocycles. The highest BCUT2D eigenvalue weighted by molar-refractivity contribution is 5.77. The van der Waals surface area contributed by atoms with Crippen molar-refractivity contribution in [3.05, 3.63) is 35.9 Å². The molecule has 0 heterocycles. The summed E-state index contributed by atoms with van der Waals surface area (Å²) in [4.78, 5) is 11.2. The van der Waals surface area contributed by atoms with Crippen molar-refractivity contribution < 1.29 is 9.53 Å². The lowest BCUT2D eigenvalue weighted by atomic mass is 10.0. The van der Waals surface area contributed by atoms with Gasteiger partial charge in [0.05, 0.1) is 6.61 Å². The maximum Gasteiger partial charge on any atom is 0.132 e. The minimum atomic E-state index is 0.347. The molecule has 0 spiro atoms. The van der Waals surface area contributed by atoms with Gasteiger partial charge in [0.25, 0.3) is 0 Å². The zero-order valence-electron chi connectivity index (χ0n) is 10.8. The Kier molecular flexibility index (Phi) is 6.56. The Bertz CT molecular complexity index is 319. The number of ketones is 1. The molecule has 0 aliphatic heterocycles. The van der Waals surface area contributed by atoms with Gasteiger partial charge in [-0.15, -0.1) is 0 Å². The van der Waals surface area contributed by atoms with Gasteiger partial charge in [0.2, 0.25) is 0 Å². The van der Waals surface area contributed by atoms with Crippen LogP contribution < -0.4 is 0 Å². The molecule has 2 heteroatoms. The fourth-order valence-corrected chi connectivity index (χ4v) is 1.62. The van der Waals surface area contributed by atoms with Gasteiger partial charge in [-0.3, -0.25) is 4.79 Å². The van der Waals surface area contributed by atoms with Gasteiger partial charge in [-0.05, 0) is 17.9 Å². The first-order valence-electron chi connectivity index (χ1n) is 6.35. The minimum absolute atomic E-state index is 0.347. The second-order valence-corrected chi connectivity index (χ2v) is 4.54. The Hall–Kier alpha value is -1.15. The first-order valence-corrected chi connectivity index (χ1v) is 6.35. The molecule has 0 fully saturated rings. The van der Waals surface area contributed by atoms with E-state index in [9.17, 15) is 4.79 Å². The fraction of sp³-hybridized carbons (Fsp3) is 0.533. The Morgan fingerprint density at radius 1 is 1.29 bits per heavy atom. The van der Waals surface area contributed by atoms with Crippen molar-refractivity contribution in [1.29, 1.82) is 0 Å². The number of Topliss-reactive ketones (excluding diaryl/α,β-unsaturated/α-hetero) is 1. The largest absolute Gasteiger partial charge is 0.376 e. The minimum Gasteiger partial charge on any atom is -0.376 e. The lowest BCUT2D eigenvalue weighted by Gasteiger charge is -2.11. The number of carbonyl (C=O) groups excluding carboxylic acids is 1. The predicted molar refractivity (Wildman–Crippen MR) is 69.8 cm³/mol. The van der Waals surface area contributed by atoms with Crippen molar-refractivity contribution in [1.82, 2.24) is 0 Å². The molecule has 0 aromatic heterocycles. The van der Waals surface area contributed by atoms with E-state index >= 15 is 0 Å². The van der Waals surface area contributed by atoms with Crippen molar-refractivity contribution in [2.24, 2.45) is 5.92 Å². The summed E-state index contributed by atoms with van der Waals surface area (Å²) in [5.74, 6) is 0.800. The second kappa shape index (κ2) is 8.02. The SMILES string of the molecule is CCC(=O)CC[C@H](C)COCc1ccccc1. The molecule has 1 aromatic rings. The molecular weight excluding hydrogens is 212 g/mol. The van der Waals surface area contributed by atoms with Crippen LogP contribution in [0.3, 0.4) is 0 Å². The van der Waals surface area contributed by atoms with Crippen LogP contribution in [0.25, 0.3) is 0 Å². The van der Waals surface area contributed by atoms with E-state index < -0.39 is 0 Å². The maximum atomic E-state index is 11.2. The van der Waals surface area contributed by atoms with Gasteiger partial charge in [0.1, 0.15) is 5.78 Å². The van der Waals surface area contributed by atoms with Gasteiger partial charge in [-0.25, -0.2) is 0 Å². The van der Waals surface area contributed by atoms with Crippen LogP contribution in [-0.4, -0.2) is 12.4 Å². The lowest BCUT2D eigenvalue weighted by molar-refractivity contribution is -0.119. The number of benzene rings is 1. The first kappa shape index (κ1) is 13.9. The molecule has 17 heavy (non-hydrogen) atoms. The summed E-state index contributed by atoms with van der Waals surface area (Å²) >= 11 is 0. The van der Waals surface area contributed by atoms with E-state index in [1.807, 2.05) is 25.1 Å². The van der Waals surface area contributed by atoms with Crippen molar-refractivity contribution in [2.45, 2.75) is 39.7 Å². The van der Waals surface area contributed by atoms with E-state index in [-0.39, 0.29) is 0 Å². The van der Waals surface area contributed by atoms with Crippen molar-refractivity contribution in [2.75, 3.05) is 6.61 Å².